The lowest BCUT2D eigenvalue weighted by atomic mass is 10.0. The second-order valence-electron chi connectivity index (χ2n) is 9.08. The molecule has 0 bridgehead atoms. The Balaban J connectivity index is 1.99. The number of aromatic amines is 1. The van der Waals surface area contributed by atoms with Crippen molar-refractivity contribution in [3.8, 4) is 0 Å². The maximum absolute atomic E-state index is 12.8. The highest BCUT2D eigenvalue weighted by Gasteiger charge is 2.29. The molecule has 0 fully saturated rings. The van der Waals surface area contributed by atoms with E-state index in [2.05, 4.69) is 20.9 Å². The average Bonchev–Trinajstić information content (AvgIpc) is 3.28. The van der Waals surface area contributed by atoms with Gasteiger partial charge >= 0.3 is 11.9 Å². The second kappa shape index (κ2) is 14.7. The zero-order valence-corrected chi connectivity index (χ0v) is 21.2. The number of nitrogens with one attached hydrogen (secondary N) is 4. The Bertz CT molecular complexity index is 1130. The molecule has 4 unspecified atom stereocenters. The number of hydrogen-bond acceptors (Lipinski definition) is 7. The Labute approximate surface area is 219 Å². The van der Waals surface area contributed by atoms with Gasteiger partial charge in [-0.25, -0.2) is 4.79 Å². The molecule has 208 valence electrons. The predicted octanol–water partition coefficient (Wildman–Crippen LogP) is -0.410. The summed E-state index contributed by atoms with van der Waals surface area (Å²) in [6.45, 7) is 1.80. The van der Waals surface area contributed by atoms with Gasteiger partial charge in [-0.2, -0.15) is 0 Å². The molecule has 13 heteroatoms. The number of aliphatic carboxylic acids is 2. The summed E-state index contributed by atoms with van der Waals surface area (Å²) in [7, 11) is 0. The van der Waals surface area contributed by atoms with Crippen LogP contribution in [0, 0.1) is 0 Å². The number of para-hydroxylation sites is 1. The second-order valence-corrected chi connectivity index (χ2v) is 9.08. The standard InChI is InChI=1S/C25H36N6O7/c1-14(29-23(35)17(27)12-15-13-28-18-7-3-2-6-16(15)18)22(34)30-19(8-4-5-11-26)24(36)31-20(25(37)38)9-10-21(32)33/h2-3,6-7,13-14,17,19-20,28H,4-5,8-12,26-27H2,1H3,(H,29,35)(H,30,34)(H,31,36)(H,32,33)(H,37,38). The quantitative estimate of drug-likeness (QED) is 0.131. The fourth-order valence-corrected chi connectivity index (χ4v) is 3.87. The van der Waals surface area contributed by atoms with E-state index in [9.17, 15) is 29.1 Å². The first-order valence-electron chi connectivity index (χ1n) is 12.4. The predicted molar refractivity (Wildman–Crippen MR) is 139 cm³/mol. The van der Waals surface area contributed by atoms with Gasteiger partial charge in [0.2, 0.25) is 17.7 Å². The van der Waals surface area contributed by atoms with Crippen molar-refractivity contribution < 1.29 is 34.2 Å². The number of nitrogens with two attached hydrogens (primary N) is 2. The van der Waals surface area contributed by atoms with Crippen LogP contribution < -0.4 is 27.4 Å². The van der Waals surface area contributed by atoms with Crippen LogP contribution in [0.5, 0.6) is 0 Å². The molecule has 38 heavy (non-hydrogen) atoms. The summed E-state index contributed by atoms with van der Waals surface area (Å²) >= 11 is 0. The van der Waals surface area contributed by atoms with Gasteiger partial charge in [0.05, 0.1) is 6.04 Å². The number of hydrogen-bond donors (Lipinski definition) is 8. The highest BCUT2D eigenvalue weighted by atomic mass is 16.4. The van der Waals surface area contributed by atoms with E-state index in [1.807, 2.05) is 24.3 Å². The van der Waals surface area contributed by atoms with Crippen molar-refractivity contribution in [2.24, 2.45) is 11.5 Å². The van der Waals surface area contributed by atoms with E-state index in [1.165, 1.54) is 6.92 Å². The molecule has 1 aromatic carbocycles. The van der Waals surface area contributed by atoms with Gasteiger partial charge in [0.1, 0.15) is 18.1 Å². The van der Waals surface area contributed by atoms with Crippen molar-refractivity contribution in [2.45, 2.75) is 69.6 Å². The number of carbonyl (C=O) groups is 5. The van der Waals surface area contributed by atoms with Crippen LogP contribution in [-0.4, -0.2) is 75.6 Å². The van der Waals surface area contributed by atoms with E-state index in [4.69, 9.17) is 16.6 Å². The van der Waals surface area contributed by atoms with Gasteiger partial charge in [0.15, 0.2) is 0 Å². The Morgan fingerprint density at radius 2 is 1.61 bits per heavy atom. The van der Waals surface area contributed by atoms with Crippen molar-refractivity contribution in [3.63, 3.8) is 0 Å². The summed E-state index contributed by atoms with van der Waals surface area (Å²) in [4.78, 5) is 63.6. The zero-order valence-electron chi connectivity index (χ0n) is 21.2. The summed E-state index contributed by atoms with van der Waals surface area (Å²) in [6.07, 6.45) is 2.44. The molecule has 3 amide bonds. The number of carboxylic acid groups (broad SMARTS) is 2. The summed E-state index contributed by atoms with van der Waals surface area (Å²) in [6, 6.07) is 3.06. The summed E-state index contributed by atoms with van der Waals surface area (Å²) < 4.78 is 0. The Morgan fingerprint density at radius 1 is 0.921 bits per heavy atom. The highest BCUT2D eigenvalue weighted by Crippen LogP contribution is 2.18. The molecular formula is C25H36N6O7. The summed E-state index contributed by atoms with van der Waals surface area (Å²) in [5.41, 5.74) is 13.4. The minimum atomic E-state index is -1.44. The minimum absolute atomic E-state index is 0.167. The maximum atomic E-state index is 12.8. The molecule has 0 spiro atoms. The van der Waals surface area contributed by atoms with Crippen LogP contribution in [0.3, 0.4) is 0 Å². The van der Waals surface area contributed by atoms with Crippen molar-refractivity contribution in [3.05, 3.63) is 36.0 Å². The van der Waals surface area contributed by atoms with Crippen molar-refractivity contribution in [2.75, 3.05) is 6.54 Å². The summed E-state index contributed by atoms with van der Waals surface area (Å²) in [5.74, 6) is -4.59. The lowest BCUT2D eigenvalue weighted by Gasteiger charge is -2.23. The molecule has 0 aliphatic carbocycles. The smallest absolute Gasteiger partial charge is 0.326 e. The molecule has 0 aliphatic heterocycles. The molecule has 4 atom stereocenters. The molecule has 10 N–H and O–H groups in total. The number of carboxylic acids is 2. The lowest BCUT2D eigenvalue weighted by Crippen LogP contribution is -2.56. The molecule has 0 aliphatic rings. The number of amides is 3. The van der Waals surface area contributed by atoms with Gasteiger partial charge in [-0.1, -0.05) is 18.2 Å². The van der Waals surface area contributed by atoms with Crippen molar-refractivity contribution in [1.82, 2.24) is 20.9 Å². The highest BCUT2D eigenvalue weighted by molar-refractivity contribution is 5.94. The average molecular weight is 533 g/mol. The van der Waals surface area contributed by atoms with Crippen molar-refractivity contribution in [1.29, 1.82) is 0 Å². The molecule has 1 aromatic heterocycles. The van der Waals surface area contributed by atoms with Gasteiger partial charge in [0, 0.05) is 23.5 Å². The van der Waals surface area contributed by atoms with Crippen LogP contribution in [0.4, 0.5) is 0 Å². The molecule has 13 nitrogen and oxygen atoms in total. The van der Waals surface area contributed by atoms with Crippen LogP contribution in [0.2, 0.25) is 0 Å². The van der Waals surface area contributed by atoms with Gasteiger partial charge in [-0.15, -0.1) is 0 Å². The fraction of sp³-hybridized carbons (Fsp3) is 0.480. The van der Waals surface area contributed by atoms with E-state index in [1.54, 1.807) is 6.20 Å². The van der Waals surface area contributed by atoms with Crippen LogP contribution in [0.25, 0.3) is 10.9 Å². The van der Waals surface area contributed by atoms with E-state index >= 15 is 0 Å². The van der Waals surface area contributed by atoms with Gasteiger partial charge in [0.25, 0.3) is 0 Å². The molecular weight excluding hydrogens is 496 g/mol. The fourth-order valence-electron chi connectivity index (χ4n) is 3.87. The third-order valence-electron chi connectivity index (χ3n) is 6.04. The third-order valence-corrected chi connectivity index (χ3v) is 6.04. The number of carbonyl (C=O) groups excluding carboxylic acids is 3. The van der Waals surface area contributed by atoms with Crippen molar-refractivity contribution >= 4 is 40.6 Å². The molecule has 2 rings (SSSR count). The first-order valence-corrected chi connectivity index (χ1v) is 12.4. The molecule has 1 heterocycles. The SMILES string of the molecule is CC(NC(=O)C(N)Cc1c[nH]c2ccccc12)C(=O)NC(CCCCN)C(=O)NC(CCC(=O)O)C(=O)O. The van der Waals surface area contributed by atoms with E-state index < -0.39 is 60.2 Å². The number of fused-ring (bicyclic) bond motifs is 1. The summed E-state index contributed by atoms with van der Waals surface area (Å²) in [5, 5.41) is 26.5. The van der Waals surface area contributed by atoms with Crippen LogP contribution in [-0.2, 0) is 30.4 Å². The zero-order chi connectivity index (χ0) is 28.2. The first-order chi connectivity index (χ1) is 18.0. The molecule has 0 radical (unpaired) electrons. The number of benzene rings is 1. The Kier molecular flexibility index (Phi) is 11.7. The molecule has 0 saturated carbocycles. The van der Waals surface area contributed by atoms with Gasteiger partial charge in [-0.3, -0.25) is 19.2 Å². The normalized spacial score (nSPS) is 14.2. The van der Waals surface area contributed by atoms with Crippen LogP contribution in [0.15, 0.2) is 30.5 Å². The maximum Gasteiger partial charge on any atom is 0.326 e. The Hall–Kier alpha value is -3.97. The largest absolute Gasteiger partial charge is 0.481 e. The van der Waals surface area contributed by atoms with Crippen LogP contribution >= 0.6 is 0 Å². The van der Waals surface area contributed by atoms with E-state index in [0.717, 1.165) is 16.5 Å². The monoisotopic (exact) mass is 532 g/mol. The topological polar surface area (TPSA) is 230 Å². The van der Waals surface area contributed by atoms with E-state index in [-0.39, 0.29) is 19.3 Å². The number of rotatable bonds is 16. The number of H-pyrrole nitrogens is 1. The molecule has 0 saturated heterocycles. The third kappa shape index (κ3) is 9.16. The van der Waals surface area contributed by atoms with Gasteiger partial charge < -0.3 is 42.6 Å². The van der Waals surface area contributed by atoms with Gasteiger partial charge in [-0.05, 0) is 57.2 Å². The minimum Gasteiger partial charge on any atom is -0.481 e. The van der Waals surface area contributed by atoms with Crippen LogP contribution in [0.1, 0.15) is 44.6 Å². The number of aromatic nitrogens is 1. The number of unbranched alkanes of at least 4 members (excludes halogenated alkanes) is 1. The lowest BCUT2D eigenvalue weighted by molar-refractivity contribution is -0.143. The Morgan fingerprint density at radius 3 is 2.26 bits per heavy atom. The molecule has 2 aromatic rings. The first kappa shape index (κ1) is 30.3. The van der Waals surface area contributed by atoms with E-state index in [0.29, 0.717) is 19.4 Å².